The molecular weight excluding hydrogens is 685 g/mol. The van der Waals surface area contributed by atoms with Crippen molar-refractivity contribution >= 4 is 76.1 Å². The molecule has 0 spiro atoms. The van der Waals surface area contributed by atoms with Crippen molar-refractivity contribution in [3.05, 3.63) is 182 Å². The SMILES string of the molecule is c1ccc(-c2nc(-c3ccc4c(ccc5ccccc54)c3)nc(-c3ccc4oc5ccccc5c4c3-n3c4ccccc4c4cc5ccccc5cc43)n2)cc1. The molecule has 3 heterocycles. The number of furan rings is 1. The fourth-order valence-electron chi connectivity index (χ4n) is 8.60. The molecule has 9 aromatic carbocycles. The van der Waals surface area contributed by atoms with Gasteiger partial charge in [-0.15, -0.1) is 0 Å². The Labute approximate surface area is 320 Å². The molecule has 56 heavy (non-hydrogen) atoms. The van der Waals surface area contributed by atoms with Crippen LogP contribution in [-0.4, -0.2) is 19.5 Å². The summed E-state index contributed by atoms with van der Waals surface area (Å²) in [7, 11) is 0. The third-order valence-electron chi connectivity index (χ3n) is 11.2. The Balaban J connectivity index is 1.19. The molecule has 0 N–H and O–H groups in total. The number of nitrogens with zero attached hydrogens (tertiary/aromatic N) is 4. The van der Waals surface area contributed by atoms with Crippen molar-refractivity contribution in [2.45, 2.75) is 0 Å². The number of benzene rings is 9. The molecule has 12 aromatic rings. The van der Waals surface area contributed by atoms with Gasteiger partial charge in [-0.05, 0) is 74.8 Å². The first-order chi connectivity index (χ1) is 27.7. The van der Waals surface area contributed by atoms with Crippen LogP contribution in [0.25, 0.3) is 116 Å². The van der Waals surface area contributed by atoms with Crippen LogP contribution in [0.4, 0.5) is 0 Å². The van der Waals surface area contributed by atoms with Crippen molar-refractivity contribution in [1.82, 2.24) is 19.5 Å². The standard InChI is InChI=1S/C51H30N4O/c1-2-13-32(14-3-1)49-52-50(36-24-25-38-35(28-36)23-22-31-12-6-7-17-37(31)38)54-51(53-49)41-26-27-46-47(40-19-9-11-21-45(40)56-46)48(41)55-43-20-10-8-18-39(43)42-29-33-15-4-5-16-34(33)30-44(42)55/h1-30H. The Hall–Kier alpha value is -7.63. The molecule has 0 aliphatic rings. The summed E-state index contributed by atoms with van der Waals surface area (Å²) < 4.78 is 8.96. The van der Waals surface area contributed by atoms with E-state index in [2.05, 4.69) is 156 Å². The highest BCUT2D eigenvalue weighted by molar-refractivity contribution is 6.18. The molecule has 0 atom stereocenters. The molecule has 0 saturated heterocycles. The van der Waals surface area contributed by atoms with Gasteiger partial charge in [-0.2, -0.15) is 0 Å². The summed E-state index contributed by atoms with van der Waals surface area (Å²) in [5.74, 6) is 1.81. The smallest absolute Gasteiger partial charge is 0.166 e. The molecule has 0 bridgehead atoms. The van der Waals surface area contributed by atoms with Gasteiger partial charge in [0.1, 0.15) is 11.2 Å². The molecule has 0 amide bonds. The van der Waals surface area contributed by atoms with Gasteiger partial charge < -0.3 is 8.98 Å². The van der Waals surface area contributed by atoms with E-state index in [1.807, 2.05) is 30.3 Å². The van der Waals surface area contributed by atoms with Crippen LogP contribution in [0.2, 0.25) is 0 Å². The van der Waals surface area contributed by atoms with Gasteiger partial charge in [-0.1, -0.05) is 140 Å². The monoisotopic (exact) mass is 714 g/mol. The summed E-state index contributed by atoms with van der Waals surface area (Å²) in [5.41, 5.74) is 7.52. The van der Waals surface area contributed by atoms with Crippen LogP contribution < -0.4 is 0 Å². The minimum absolute atomic E-state index is 0.585. The second-order valence-electron chi connectivity index (χ2n) is 14.4. The molecule has 5 heteroatoms. The van der Waals surface area contributed by atoms with Crippen LogP contribution >= 0.6 is 0 Å². The zero-order valence-corrected chi connectivity index (χ0v) is 30.0. The summed E-state index contributed by atoms with van der Waals surface area (Å²) in [5, 5.41) is 11.5. The van der Waals surface area contributed by atoms with Gasteiger partial charge in [0.2, 0.25) is 0 Å². The molecule has 0 aliphatic carbocycles. The van der Waals surface area contributed by atoms with Gasteiger partial charge in [-0.3, -0.25) is 0 Å². The first-order valence-electron chi connectivity index (χ1n) is 18.9. The minimum Gasteiger partial charge on any atom is -0.456 e. The lowest BCUT2D eigenvalue weighted by Gasteiger charge is -2.16. The lowest BCUT2D eigenvalue weighted by molar-refractivity contribution is 0.669. The van der Waals surface area contributed by atoms with Crippen molar-refractivity contribution in [2.24, 2.45) is 0 Å². The lowest BCUT2D eigenvalue weighted by Crippen LogP contribution is -2.04. The predicted molar refractivity (Wildman–Crippen MR) is 230 cm³/mol. The van der Waals surface area contributed by atoms with E-state index in [0.29, 0.717) is 17.5 Å². The van der Waals surface area contributed by atoms with E-state index in [4.69, 9.17) is 19.4 Å². The Morgan fingerprint density at radius 1 is 0.357 bits per heavy atom. The minimum atomic E-state index is 0.585. The van der Waals surface area contributed by atoms with Crippen LogP contribution in [0, 0.1) is 0 Å². The number of aromatic nitrogens is 4. The quantitative estimate of drug-likeness (QED) is 0.170. The van der Waals surface area contributed by atoms with Crippen LogP contribution in [0.15, 0.2) is 186 Å². The van der Waals surface area contributed by atoms with Crippen LogP contribution in [-0.2, 0) is 0 Å². The number of fused-ring (bicyclic) bond motifs is 10. The van der Waals surface area contributed by atoms with Crippen molar-refractivity contribution in [3.63, 3.8) is 0 Å². The summed E-state index contributed by atoms with van der Waals surface area (Å²) >= 11 is 0. The molecule has 5 nitrogen and oxygen atoms in total. The fraction of sp³-hybridized carbons (Fsp3) is 0. The van der Waals surface area contributed by atoms with Crippen molar-refractivity contribution < 1.29 is 4.42 Å². The zero-order chi connectivity index (χ0) is 36.7. The van der Waals surface area contributed by atoms with E-state index < -0.39 is 0 Å². The highest BCUT2D eigenvalue weighted by atomic mass is 16.3. The van der Waals surface area contributed by atoms with Gasteiger partial charge in [0.25, 0.3) is 0 Å². The average Bonchev–Trinajstić information content (AvgIpc) is 3.80. The third kappa shape index (κ3) is 4.64. The van der Waals surface area contributed by atoms with E-state index in [1.54, 1.807) is 0 Å². The van der Waals surface area contributed by atoms with Gasteiger partial charge in [-0.25, -0.2) is 15.0 Å². The first-order valence-corrected chi connectivity index (χ1v) is 18.9. The van der Waals surface area contributed by atoms with Gasteiger partial charge in [0.15, 0.2) is 17.5 Å². The highest BCUT2D eigenvalue weighted by Gasteiger charge is 2.24. The third-order valence-corrected chi connectivity index (χ3v) is 11.2. The topological polar surface area (TPSA) is 56.7 Å². The van der Waals surface area contributed by atoms with Crippen LogP contribution in [0.5, 0.6) is 0 Å². The van der Waals surface area contributed by atoms with E-state index in [1.165, 1.54) is 37.7 Å². The Morgan fingerprint density at radius 2 is 1.00 bits per heavy atom. The van der Waals surface area contributed by atoms with Gasteiger partial charge >= 0.3 is 0 Å². The molecule has 0 radical (unpaired) electrons. The lowest BCUT2D eigenvalue weighted by atomic mass is 10.00. The average molecular weight is 715 g/mol. The maximum absolute atomic E-state index is 6.57. The first kappa shape index (κ1) is 30.8. The maximum atomic E-state index is 6.57. The number of para-hydroxylation sites is 2. The van der Waals surface area contributed by atoms with Gasteiger partial charge in [0.05, 0.1) is 22.1 Å². The van der Waals surface area contributed by atoms with Gasteiger partial charge in [0, 0.05) is 32.8 Å². The highest BCUT2D eigenvalue weighted by Crippen LogP contribution is 2.44. The number of rotatable bonds is 4. The predicted octanol–water partition coefficient (Wildman–Crippen LogP) is 13.3. The zero-order valence-electron chi connectivity index (χ0n) is 30.0. The van der Waals surface area contributed by atoms with E-state index in [9.17, 15) is 0 Å². The molecule has 0 saturated carbocycles. The molecule has 3 aromatic heterocycles. The van der Waals surface area contributed by atoms with Crippen molar-refractivity contribution in [2.75, 3.05) is 0 Å². The van der Waals surface area contributed by atoms with Crippen molar-refractivity contribution in [1.29, 1.82) is 0 Å². The molecular formula is C51H30N4O. The summed E-state index contributed by atoms with van der Waals surface area (Å²) in [6.07, 6.45) is 0. The summed E-state index contributed by atoms with van der Waals surface area (Å²) in [6.45, 7) is 0. The van der Waals surface area contributed by atoms with Crippen molar-refractivity contribution in [3.8, 4) is 39.9 Å². The number of hydrogen-bond donors (Lipinski definition) is 0. The van der Waals surface area contributed by atoms with Crippen LogP contribution in [0.1, 0.15) is 0 Å². The second kappa shape index (κ2) is 11.9. The van der Waals surface area contributed by atoms with Crippen LogP contribution in [0.3, 0.4) is 0 Å². The number of hydrogen-bond acceptors (Lipinski definition) is 4. The summed E-state index contributed by atoms with van der Waals surface area (Å²) in [4.78, 5) is 15.8. The Morgan fingerprint density at radius 3 is 1.86 bits per heavy atom. The Kier molecular flexibility index (Phi) is 6.56. The molecule has 0 unspecified atom stereocenters. The molecule has 12 rings (SSSR count). The van der Waals surface area contributed by atoms with E-state index >= 15 is 0 Å². The Bertz CT molecular complexity index is 3540. The molecule has 0 aliphatic heterocycles. The van der Waals surface area contributed by atoms with E-state index in [-0.39, 0.29) is 0 Å². The maximum Gasteiger partial charge on any atom is 0.166 e. The normalized spacial score (nSPS) is 11.9. The van der Waals surface area contributed by atoms with E-state index in [0.717, 1.165) is 60.7 Å². The largest absolute Gasteiger partial charge is 0.456 e. The fourth-order valence-corrected chi connectivity index (χ4v) is 8.60. The summed E-state index contributed by atoms with van der Waals surface area (Å²) in [6, 6.07) is 63.9. The molecule has 0 fully saturated rings. The second-order valence-corrected chi connectivity index (χ2v) is 14.4. The molecule has 260 valence electrons.